The monoisotopic (exact) mass is 364 g/mol. The molecule has 3 N–H and O–H groups in total. The van der Waals surface area contributed by atoms with Crippen LogP contribution in [-0.2, 0) is 0 Å². The van der Waals surface area contributed by atoms with Crippen LogP contribution in [0.1, 0.15) is 35.4 Å². The molecule has 0 radical (unpaired) electrons. The van der Waals surface area contributed by atoms with Gasteiger partial charge in [0.15, 0.2) is 0 Å². The Morgan fingerprint density at radius 3 is 2.84 bits per heavy atom. The van der Waals surface area contributed by atoms with Crippen LogP contribution >= 0.6 is 11.3 Å². The Labute approximate surface area is 149 Å². The van der Waals surface area contributed by atoms with Crippen LogP contribution in [0.2, 0.25) is 0 Å². The largest absolute Gasteiger partial charge is 0.497 e. The van der Waals surface area contributed by atoms with E-state index in [0.29, 0.717) is 28.1 Å². The molecule has 1 aromatic carbocycles. The fraction of sp³-hybridized carbons (Fsp3) is 0.438. The van der Waals surface area contributed by atoms with E-state index in [0.717, 1.165) is 17.8 Å². The number of aliphatic hydroxyl groups excluding tert-OH is 1. The topological polar surface area (TPSA) is 106 Å². The summed E-state index contributed by atoms with van der Waals surface area (Å²) in [6.45, 7) is 0.0175. The highest BCUT2D eigenvalue weighted by Gasteiger charge is 2.27. The second kappa shape index (κ2) is 7.66. The highest BCUT2D eigenvalue weighted by atomic mass is 32.1. The lowest BCUT2D eigenvalue weighted by molar-refractivity contribution is 0.170. The maximum atomic E-state index is 12.0. The molecule has 1 heterocycles. The van der Waals surface area contributed by atoms with Crippen molar-refractivity contribution in [3.63, 3.8) is 0 Å². The minimum absolute atomic E-state index is 0.0175. The van der Waals surface area contributed by atoms with E-state index < -0.39 is 12.1 Å². The third kappa shape index (κ3) is 4.37. The quantitative estimate of drug-likeness (QED) is 0.696. The molecule has 1 atom stereocenters. The normalized spacial score (nSPS) is 14.7. The smallest absolute Gasteiger partial charge is 0.321 e. The van der Waals surface area contributed by atoms with E-state index in [1.54, 1.807) is 25.3 Å². The van der Waals surface area contributed by atoms with Crippen molar-refractivity contribution in [2.75, 3.05) is 26.1 Å². The van der Waals surface area contributed by atoms with Gasteiger partial charge in [-0.2, -0.15) is 0 Å². The third-order valence-electron chi connectivity index (χ3n) is 3.84. The number of amides is 2. The van der Waals surface area contributed by atoms with E-state index in [9.17, 15) is 9.90 Å². The number of benzene rings is 1. The standard InChI is InChI=1S/C16H20N4O4S/c1-23-10-5-6-13(24-2)11(7-10)12(21)8-17-15(22)18-16-20-19-14(25-16)9-3-4-9/h5-7,9,12,21H,3-4,8H2,1-2H3,(H2,17,18,20,22). The molecule has 0 spiro atoms. The summed E-state index contributed by atoms with van der Waals surface area (Å²) in [7, 11) is 3.06. The van der Waals surface area contributed by atoms with Gasteiger partial charge in [-0.25, -0.2) is 4.79 Å². The molecule has 8 nitrogen and oxygen atoms in total. The second-order valence-electron chi connectivity index (χ2n) is 5.68. The predicted octanol–water partition coefficient (Wildman–Crippen LogP) is 2.29. The first kappa shape index (κ1) is 17.4. The predicted molar refractivity (Wildman–Crippen MR) is 93.4 cm³/mol. The first-order chi connectivity index (χ1) is 12.1. The molecule has 2 aromatic rings. The summed E-state index contributed by atoms with van der Waals surface area (Å²) in [5, 5.41) is 25.0. The number of carbonyl (C=O) groups is 1. The number of aromatic nitrogens is 2. The SMILES string of the molecule is COc1ccc(OC)c(C(O)CNC(=O)Nc2nnc(C3CC3)s2)c1. The third-order valence-corrected chi connectivity index (χ3v) is 4.84. The average molecular weight is 364 g/mol. The van der Waals surface area contributed by atoms with Gasteiger partial charge in [0.25, 0.3) is 0 Å². The second-order valence-corrected chi connectivity index (χ2v) is 6.69. The summed E-state index contributed by atoms with van der Waals surface area (Å²) in [6.07, 6.45) is 1.33. The number of ether oxygens (including phenoxy) is 2. The van der Waals surface area contributed by atoms with Crippen molar-refractivity contribution in [3.8, 4) is 11.5 Å². The number of nitrogens with one attached hydrogen (secondary N) is 2. The lowest BCUT2D eigenvalue weighted by Gasteiger charge is -2.16. The lowest BCUT2D eigenvalue weighted by Crippen LogP contribution is -2.32. The van der Waals surface area contributed by atoms with Gasteiger partial charge in [0.05, 0.1) is 14.2 Å². The van der Waals surface area contributed by atoms with Crippen LogP contribution in [0.25, 0.3) is 0 Å². The van der Waals surface area contributed by atoms with Crippen molar-refractivity contribution >= 4 is 22.5 Å². The van der Waals surface area contributed by atoms with Crippen LogP contribution in [-0.4, -0.2) is 42.1 Å². The molecular weight excluding hydrogens is 344 g/mol. The summed E-state index contributed by atoms with van der Waals surface area (Å²) in [5.74, 6) is 1.62. The number of aliphatic hydroxyl groups is 1. The molecule has 1 aromatic heterocycles. The molecule has 1 aliphatic rings. The molecule has 2 amide bonds. The van der Waals surface area contributed by atoms with E-state index in [1.807, 2.05) is 0 Å². The number of nitrogens with zero attached hydrogens (tertiary/aromatic N) is 2. The zero-order valence-corrected chi connectivity index (χ0v) is 14.8. The van der Waals surface area contributed by atoms with E-state index in [-0.39, 0.29) is 6.54 Å². The number of anilines is 1. The molecule has 0 aliphatic heterocycles. The van der Waals surface area contributed by atoms with Crippen LogP contribution in [0.4, 0.5) is 9.93 Å². The number of rotatable bonds is 7. The average Bonchev–Trinajstić information content (AvgIpc) is 3.38. The zero-order valence-electron chi connectivity index (χ0n) is 14.0. The Bertz CT molecular complexity index is 747. The number of hydrogen-bond acceptors (Lipinski definition) is 7. The number of methoxy groups -OCH3 is 2. The number of carbonyl (C=O) groups excluding carboxylic acids is 1. The van der Waals surface area contributed by atoms with Crippen LogP contribution in [0.5, 0.6) is 11.5 Å². The number of urea groups is 1. The van der Waals surface area contributed by atoms with Crippen molar-refractivity contribution in [1.82, 2.24) is 15.5 Å². The molecule has 1 unspecified atom stereocenters. The first-order valence-electron chi connectivity index (χ1n) is 7.89. The van der Waals surface area contributed by atoms with E-state index in [4.69, 9.17) is 9.47 Å². The van der Waals surface area contributed by atoms with Gasteiger partial charge in [-0.05, 0) is 31.0 Å². The summed E-state index contributed by atoms with van der Waals surface area (Å²) < 4.78 is 10.4. The Balaban J connectivity index is 1.55. The van der Waals surface area contributed by atoms with E-state index in [1.165, 1.54) is 18.4 Å². The Kier molecular flexibility index (Phi) is 5.34. The summed E-state index contributed by atoms with van der Waals surface area (Å²) in [6, 6.07) is 4.68. The highest BCUT2D eigenvalue weighted by molar-refractivity contribution is 7.15. The fourth-order valence-corrected chi connectivity index (χ4v) is 3.23. The van der Waals surface area contributed by atoms with Gasteiger partial charge < -0.3 is 19.9 Å². The molecule has 9 heteroatoms. The molecule has 134 valence electrons. The fourth-order valence-electron chi connectivity index (χ4n) is 2.32. The van der Waals surface area contributed by atoms with Crippen molar-refractivity contribution in [1.29, 1.82) is 0 Å². The Hall–Kier alpha value is -2.39. The maximum absolute atomic E-state index is 12.0. The van der Waals surface area contributed by atoms with Gasteiger partial charge in [-0.15, -0.1) is 10.2 Å². The maximum Gasteiger partial charge on any atom is 0.321 e. The van der Waals surface area contributed by atoms with E-state index in [2.05, 4.69) is 20.8 Å². The van der Waals surface area contributed by atoms with Crippen molar-refractivity contribution in [2.45, 2.75) is 24.9 Å². The van der Waals surface area contributed by atoms with Crippen LogP contribution in [0.3, 0.4) is 0 Å². The summed E-state index contributed by atoms with van der Waals surface area (Å²) >= 11 is 1.38. The highest BCUT2D eigenvalue weighted by Crippen LogP contribution is 2.42. The van der Waals surface area contributed by atoms with Gasteiger partial charge >= 0.3 is 6.03 Å². The lowest BCUT2D eigenvalue weighted by atomic mass is 10.1. The molecule has 1 fully saturated rings. The number of hydrogen-bond donors (Lipinski definition) is 3. The molecule has 3 rings (SSSR count). The van der Waals surface area contributed by atoms with Gasteiger partial charge in [0, 0.05) is 18.0 Å². The van der Waals surface area contributed by atoms with E-state index >= 15 is 0 Å². The van der Waals surface area contributed by atoms with Crippen LogP contribution in [0, 0.1) is 0 Å². The molecule has 1 aliphatic carbocycles. The Morgan fingerprint density at radius 1 is 1.36 bits per heavy atom. The molecule has 0 saturated heterocycles. The van der Waals surface area contributed by atoms with Gasteiger partial charge in [-0.1, -0.05) is 11.3 Å². The van der Waals surface area contributed by atoms with Gasteiger partial charge in [-0.3, -0.25) is 5.32 Å². The molecular formula is C16H20N4O4S. The summed E-state index contributed by atoms with van der Waals surface area (Å²) in [5.41, 5.74) is 0.536. The van der Waals surface area contributed by atoms with Gasteiger partial charge in [0.1, 0.15) is 22.6 Å². The van der Waals surface area contributed by atoms with Crippen molar-refractivity contribution < 1.29 is 19.4 Å². The Morgan fingerprint density at radius 2 is 2.16 bits per heavy atom. The molecule has 25 heavy (non-hydrogen) atoms. The van der Waals surface area contributed by atoms with Gasteiger partial charge in [0.2, 0.25) is 5.13 Å². The minimum atomic E-state index is -0.938. The zero-order chi connectivity index (χ0) is 17.8. The molecule has 0 bridgehead atoms. The summed E-state index contributed by atoms with van der Waals surface area (Å²) in [4.78, 5) is 12.0. The molecule has 1 saturated carbocycles. The van der Waals surface area contributed by atoms with Crippen molar-refractivity contribution in [3.05, 3.63) is 28.8 Å². The first-order valence-corrected chi connectivity index (χ1v) is 8.70. The van der Waals surface area contributed by atoms with Crippen LogP contribution in [0.15, 0.2) is 18.2 Å². The van der Waals surface area contributed by atoms with Crippen molar-refractivity contribution in [2.24, 2.45) is 0 Å². The van der Waals surface area contributed by atoms with Crippen LogP contribution < -0.4 is 20.1 Å². The minimum Gasteiger partial charge on any atom is -0.497 e.